The molecular weight excluding hydrogens is 290 g/mol. The second-order valence-corrected chi connectivity index (χ2v) is 8.16. The van der Waals surface area contributed by atoms with Gasteiger partial charge in [-0.2, -0.15) is 11.8 Å². The van der Waals surface area contributed by atoms with Crippen LogP contribution in [0.1, 0.15) is 44.0 Å². The molecule has 1 aromatic rings. The molecule has 0 bridgehead atoms. The third kappa shape index (κ3) is 4.27. The Morgan fingerprint density at radius 2 is 2.25 bits per heavy atom. The molecule has 2 rings (SSSR count). The SMILES string of the molecule is CCCNCc1cc(=O)[nH]c(C2CSC(C)C(C)S2)n1. The summed E-state index contributed by atoms with van der Waals surface area (Å²) >= 11 is 3.88. The van der Waals surface area contributed by atoms with Crippen molar-refractivity contribution >= 4 is 23.5 Å². The Morgan fingerprint density at radius 1 is 1.45 bits per heavy atom. The lowest BCUT2D eigenvalue weighted by Gasteiger charge is -2.30. The van der Waals surface area contributed by atoms with Crippen LogP contribution in [-0.2, 0) is 6.54 Å². The summed E-state index contributed by atoms with van der Waals surface area (Å²) in [6, 6.07) is 1.60. The summed E-state index contributed by atoms with van der Waals surface area (Å²) in [5.41, 5.74) is 0.800. The fourth-order valence-electron chi connectivity index (χ4n) is 2.09. The van der Waals surface area contributed by atoms with Crippen LogP contribution < -0.4 is 10.9 Å². The molecule has 2 heterocycles. The number of aromatic nitrogens is 2. The number of hydrogen-bond donors (Lipinski definition) is 2. The van der Waals surface area contributed by atoms with Crippen molar-refractivity contribution in [2.75, 3.05) is 12.3 Å². The molecule has 3 atom stereocenters. The molecule has 1 saturated heterocycles. The highest BCUT2D eigenvalue weighted by molar-refractivity contribution is 8.07. The van der Waals surface area contributed by atoms with Gasteiger partial charge in [-0.25, -0.2) is 4.98 Å². The zero-order valence-electron chi connectivity index (χ0n) is 12.3. The van der Waals surface area contributed by atoms with Crippen LogP contribution in [-0.4, -0.2) is 32.8 Å². The van der Waals surface area contributed by atoms with Crippen LogP contribution >= 0.6 is 23.5 Å². The normalized spacial score (nSPS) is 26.6. The number of nitrogens with one attached hydrogen (secondary N) is 2. The monoisotopic (exact) mass is 313 g/mol. The second kappa shape index (κ2) is 7.52. The lowest BCUT2D eigenvalue weighted by molar-refractivity contribution is 0.657. The van der Waals surface area contributed by atoms with E-state index in [1.165, 1.54) is 0 Å². The van der Waals surface area contributed by atoms with E-state index in [0.29, 0.717) is 22.3 Å². The first kappa shape index (κ1) is 15.9. The molecule has 0 radical (unpaired) electrons. The molecule has 0 amide bonds. The standard InChI is InChI=1S/C14H23N3OS2/c1-4-5-15-7-11-6-13(18)17-14(16-11)12-8-19-9(2)10(3)20-12/h6,9-10,12,15H,4-5,7-8H2,1-3H3,(H,16,17,18). The van der Waals surface area contributed by atoms with Gasteiger partial charge in [0, 0.05) is 28.9 Å². The van der Waals surface area contributed by atoms with Crippen LogP contribution in [0, 0.1) is 0 Å². The molecule has 0 aromatic carbocycles. The van der Waals surface area contributed by atoms with Crippen LogP contribution in [0.3, 0.4) is 0 Å². The molecule has 0 saturated carbocycles. The van der Waals surface area contributed by atoms with Gasteiger partial charge in [-0.1, -0.05) is 20.8 Å². The van der Waals surface area contributed by atoms with Crippen LogP contribution in [0.5, 0.6) is 0 Å². The van der Waals surface area contributed by atoms with Crippen molar-refractivity contribution < 1.29 is 0 Å². The van der Waals surface area contributed by atoms with Gasteiger partial charge in [-0.15, -0.1) is 11.8 Å². The summed E-state index contributed by atoms with van der Waals surface area (Å²) < 4.78 is 0. The first-order valence-corrected chi connectivity index (χ1v) is 9.17. The molecular formula is C14H23N3OS2. The molecule has 6 heteroatoms. The van der Waals surface area contributed by atoms with E-state index in [4.69, 9.17) is 0 Å². The Morgan fingerprint density at radius 3 is 2.95 bits per heavy atom. The maximum Gasteiger partial charge on any atom is 0.251 e. The van der Waals surface area contributed by atoms with Crippen molar-refractivity contribution in [1.29, 1.82) is 0 Å². The highest BCUT2D eigenvalue weighted by atomic mass is 32.2. The number of nitrogens with zero attached hydrogens (tertiary/aromatic N) is 1. The molecule has 20 heavy (non-hydrogen) atoms. The third-order valence-electron chi connectivity index (χ3n) is 3.40. The van der Waals surface area contributed by atoms with E-state index >= 15 is 0 Å². The van der Waals surface area contributed by atoms with E-state index < -0.39 is 0 Å². The van der Waals surface area contributed by atoms with Crippen LogP contribution in [0.2, 0.25) is 0 Å². The Hall–Kier alpha value is -0.460. The summed E-state index contributed by atoms with van der Waals surface area (Å²) in [5, 5.41) is 4.85. The van der Waals surface area contributed by atoms with Crippen molar-refractivity contribution in [2.45, 2.75) is 49.5 Å². The largest absolute Gasteiger partial charge is 0.311 e. The maximum absolute atomic E-state index is 11.8. The summed E-state index contributed by atoms with van der Waals surface area (Å²) in [4.78, 5) is 19.3. The molecule has 1 fully saturated rings. The predicted molar refractivity (Wildman–Crippen MR) is 88.6 cm³/mol. The lowest BCUT2D eigenvalue weighted by Crippen LogP contribution is -2.25. The lowest BCUT2D eigenvalue weighted by atomic mass is 10.3. The van der Waals surface area contributed by atoms with Crippen molar-refractivity contribution in [3.05, 3.63) is 27.9 Å². The molecule has 0 spiro atoms. The van der Waals surface area contributed by atoms with Gasteiger partial charge in [0.15, 0.2) is 0 Å². The number of aromatic amines is 1. The Labute approximate surface area is 128 Å². The maximum atomic E-state index is 11.8. The first-order valence-electron chi connectivity index (χ1n) is 7.18. The van der Waals surface area contributed by atoms with Gasteiger partial charge >= 0.3 is 0 Å². The first-order chi connectivity index (χ1) is 9.60. The zero-order valence-corrected chi connectivity index (χ0v) is 13.9. The number of hydrogen-bond acceptors (Lipinski definition) is 5. The molecule has 2 N–H and O–H groups in total. The number of rotatable bonds is 5. The van der Waals surface area contributed by atoms with E-state index in [9.17, 15) is 4.79 Å². The van der Waals surface area contributed by atoms with E-state index in [1.54, 1.807) is 6.07 Å². The van der Waals surface area contributed by atoms with Gasteiger partial charge in [-0.3, -0.25) is 4.79 Å². The summed E-state index contributed by atoms with van der Waals surface area (Å²) in [6.45, 7) is 8.26. The minimum atomic E-state index is -0.0415. The third-order valence-corrected chi connectivity index (χ3v) is 6.80. The van der Waals surface area contributed by atoms with E-state index in [1.807, 2.05) is 23.5 Å². The highest BCUT2D eigenvalue weighted by Crippen LogP contribution is 2.42. The Kier molecular flexibility index (Phi) is 5.99. The van der Waals surface area contributed by atoms with E-state index in [-0.39, 0.29) is 5.56 Å². The second-order valence-electron chi connectivity index (χ2n) is 5.17. The van der Waals surface area contributed by atoms with Gasteiger partial charge < -0.3 is 10.3 Å². The minimum Gasteiger partial charge on any atom is -0.311 e. The van der Waals surface area contributed by atoms with Crippen LogP contribution in [0.15, 0.2) is 10.9 Å². The number of thioether (sulfide) groups is 2. The average molecular weight is 313 g/mol. The Balaban J connectivity index is 2.09. The van der Waals surface area contributed by atoms with Gasteiger partial charge in [0.25, 0.3) is 5.56 Å². The fraction of sp³-hybridized carbons (Fsp3) is 0.714. The van der Waals surface area contributed by atoms with Crippen molar-refractivity contribution in [3.8, 4) is 0 Å². The highest BCUT2D eigenvalue weighted by Gasteiger charge is 2.28. The predicted octanol–water partition coefficient (Wildman–Crippen LogP) is 2.57. The van der Waals surface area contributed by atoms with Gasteiger partial charge in [0.2, 0.25) is 0 Å². The van der Waals surface area contributed by atoms with Gasteiger partial charge in [0.05, 0.1) is 10.9 Å². The molecule has 1 aliphatic rings. The van der Waals surface area contributed by atoms with Gasteiger partial charge in [-0.05, 0) is 13.0 Å². The summed E-state index contributed by atoms with van der Waals surface area (Å²) in [5.74, 6) is 1.85. The van der Waals surface area contributed by atoms with Gasteiger partial charge in [0.1, 0.15) is 5.82 Å². The smallest absolute Gasteiger partial charge is 0.251 e. The Bertz CT molecular complexity index is 492. The molecule has 1 aliphatic heterocycles. The quantitative estimate of drug-likeness (QED) is 0.818. The van der Waals surface area contributed by atoms with Crippen LogP contribution in [0.4, 0.5) is 0 Å². The topological polar surface area (TPSA) is 57.8 Å². The van der Waals surface area contributed by atoms with Crippen LogP contribution in [0.25, 0.3) is 0 Å². The van der Waals surface area contributed by atoms with E-state index in [0.717, 1.165) is 30.2 Å². The van der Waals surface area contributed by atoms with Crippen molar-refractivity contribution in [2.24, 2.45) is 0 Å². The molecule has 112 valence electrons. The van der Waals surface area contributed by atoms with Crippen molar-refractivity contribution in [3.63, 3.8) is 0 Å². The molecule has 1 aromatic heterocycles. The average Bonchev–Trinajstić information content (AvgIpc) is 2.41. The minimum absolute atomic E-state index is 0.0415. The summed E-state index contributed by atoms with van der Waals surface area (Å²) in [7, 11) is 0. The fourth-order valence-corrected chi connectivity index (χ4v) is 4.96. The molecule has 0 aliphatic carbocycles. The summed E-state index contributed by atoms with van der Waals surface area (Å²) in [6.07, 6.45) is 1.08. The molecule has 3 unspecified atom stereocenters. The van der Waals surface area contributed by atoms with E-state index in [2.05, 4.69) is 36.1 Å². The zero-order chi connectivity index (χ0) is 14.5. The van der Waals surface area contributed by atoms with Crippen molar-refractivity contribution in [1.82, 2.24) is 15.3 Å². The number of H-pyrrole nitrogens is 1. The molecule has 4 nitrogen and oxygen atoms in total.